The zero-order chi connectivity index (χ0) is 20.5. The van der Waals surface area contributed by atoms with Crippen LogP contribution in [0.25, 0.3) is 22.4 Å². The van der Waals surface area contributed by atoms with Crippen molar-refractivity contribution >= 4 is 28.6 Å². The molecule has 0 spiro atoms. The molecule has 5 N–H and O–H groups in total. The molecule has 0 unspecified atom stereocenters. The number of rotatable bonds is 6. The highest BCUT2D eigenvalue weighted by molar-refractivity contribution is 5.80. The van der Waals surface area contributed by atoms with Crippen molar-refractivity contribution in [2.24, 2.45) is 7.05 Å². The minimum Gasteiger partial charge on any atom is -0.493 e. The van der Waals surface area contributed by atoms with Gasteiger partial charge in [0.15, 0.2) is 5.65 Å². The Morgan fingerprint density at radius 3 is 2.86 bits per heavy atom. The smallest absolute Gasteiger partial charge is 0.262 e. The van der Waals surface area contributed by atoms with E-state index in [4.69, 9.17) is 10.5 Å². The second kappa shape index (κ2) is 7.26. The predicted molar refractivity (Wildman–Crippen MR) is 109 cm³/mol. The van der Waals surface area contributed by atoms with Crippen LogP contribution in [0, 0.1) is 6.92 Å². The van der Waals surface area contributed by atoms with E-state index in [-0.39, 0.29) is 11.5 Å². The summed E-state index contributed by atoms with van der Waals surface area (Å²) in [6, 6.07) is 5.44. The average Bonchev–Trinajstić information content (AvgIpc) is 3.23. The Labute approximate surface area is 165 Å². The van der Waals surface area contributed by atoms with Gasteiger partial charge in [-0.2, -0.15) is 10.1 Å². The van der Waals surface area contributed by atoms with Gasteiger partial charge in [0.05, 0.1) is 17.9 Å². The van der Waals surface area contributed by atoms with Crippen molar-refractivity contribution in [1.82, 2.24) is 34.9 Å². The van der Waals surface area contributed by atoms with Crippen molar-refractivity contribution in [3.05, 3.63) is 34.2 Å². The molecule has 0 fully saturated rings. The molecule has 0 aliphatic carbocycles. The van der Waals surface area contributed by atoms with Crippen molar-refractivity contribution in [2.45, 2.75) is 20.3 Å². The van der Waals surface area contributed by atoms with Gasteiger partial charge in [-0.3, -0.25) is 4.79 Å². The summed E-state index contributed by atoms with van der Waals surface area (Å²) in [4.78, 5) is 24.2. The lowest BCUT2D eigenvalue weighted by atomic mass is 10.1. The zero-order valence-electron chi connectivity index (χ0n) is 16.3. The van der Waals surface area contributed by atoms with E-state index in [0.717, 1.165) is 6.42 Å². The molecule has 4 aromatic rings. The van der Waals surface area contributed by atoms with Gasteiger partial charge in [0.1, 0.15) is 17.0 Å². The lowest BCUT2D eigenvalue weighted by molar-refractivity contribution is 0.318. The van der Waals surface area contributed by atoms with Crippen LogP contribution in [0.2, 0.25) is 0 Å². The largest absolute Gasteiger partial charge is 0.493 e. The summed E-state index contributed by atoms with van der Waals surface area (Å²) < 4.78 is 7.46. The molecule has 1 aromatic carbocycles. The molecule has 0 amide bonds. The van der Waals surface area contributed by atoms with Gasteiger partial charge in [0.25, 0.3) is 5.56 Å². The Morgan fingerprint density at radius 1 is 1.31 bits per heavy atom. The van der Waals surface area contributed by atoms with Crippen LogP contribution in [0.3, 0.4) is 0 Å². The lowest BCUT2D eigenvalue weighted by Gasteiger charge is -2.13. The molecule has 150 valence electrons. The van der Waals surface area contributed by atoms with Crippen LogP contribution in [0.5, 0.6) is 5.75 Å². The summed E-state index contributed by atoms with van der Waals surface area (Å²) in [7, 11) is 1.76. The zero-order valence-corrected chi connectivity index (χ0v) is 16.3. The van der Waals surface area contributed by atoms with E-state index in [0.29, 0.717) is 52.1 Å². The maximum atomic E-state index is 12.7. The number of ether oxygens (including phenoxy) is 1. The first kappa shape index (κ1) is 18.5. The summed E-state index contributed by atoms with van der Waals surface area (Å²) in [6.07, 6.45) is 0.847. The van der Waals surface area contributed by atoms with E-state index in [2.05, 4.69) is 35.6 Å². The van der Waals surface area contributed by atoms with Crippen molar-refractivity contribution in [3.8, 4) is 17.1 Å². The first-order chi connectivity index (χ1) is 14.0. The Morgan fingerprint density at radius 2 is 2.14 bits per heavy atom. The monoisotopic (exact) mass is 395 g/mol. The third-order valence-electron chi connectivity index (χ3n) is 4.32. The fourth-order valence-electron chi connectivity index (χ4n) is 3.06. The summed E-state index contributed by atoms with van der Waals surface area (Å²) in [6.45, 7) is 4.34. The van der Waals surface area contributed by atoms with E-state index in [1.165, 1.54) is 0 Å². The normalized spacial score (nSPS) is 11.1. The fourth-order valence-corrected chi connectivity index (χ4v) is 3.06. The average molecular weight is 395 g/mol. The Balaban J connectivity index is 1.83. The molecule has 29 heavy (non-hydrogen) atoms. The number of nitrogens with one attached hydrogen (secondary N) is 3. The second-order valence-corrected chi connectivity index (χ2v) is 6.55. The molecule has 3 heterocycles. The topological polar surface area (TPSA) is 152 Å². The number of nitrogen functional groups attached to an aromatic ring is 1. The molecule has 0 radical (unpaired) electrons. The maximum absolute atomic E-state index is 12.7. The molecular weight excluding hydrogens is 374 g/mol. The van der Waals surface area contributed by atoms with E-state index in [1.54, 1.807) is 18.7 Å². The summed E-state index contributed by atoms with van der Waals surface area (Å²) in [5.74, 6) is 1.52. The van der Waals surface area contributed by atoms with Crippen LogP contribution in [-0.2, 0) is 7.05 Å². The highest BCUT2D eigenvalue weighted by Crippen LogP contribution is 2.32. The van der Waals surface area contributed by atoms with E-state index in [1.807, 2.05) is 25.1 Å². The van der Waals surface area contributed by atoms with Gasteiger partial charge in [-0.05, 0) is 31.5 Å². The van der Waals surface area contributed by atoms with Crippen LogP contribution in [0.15, 0.2) is 23.0 Å². The van der Waals surface area contributed by atoms with E-state index in [9.17, 15) is 4.79 Å². The number of aryl methyl sites for hydroxylation is 2. The highest BCUT2D eigenvalue weighted by Gasteiger charge is 2.16. The van der Waals surface area contributed by atoms with Crippen LogP contribution >= 0.6 is 0 Å². The van der Waals surface area contributed by atoms with Gasteiger partial charge in [0.2, 0.25) is 11.9 Å². The minimum atomic E-state index is -0.253. The van der Waals surface area contributed by atoms with Gasteiger partial charge in [0, 0.05) is 12.7 Å². The molecule has 0 aliphatic rings. The van der Waals surface area contributed by atoms with Crippen LogP contribution in [0.4, 0.5) is 17.6 Å². The third-order valence-corrected chi connectivity index (χ3v) is 4.32. The number of fused-ring (bicyclic) bond motifs is 1. The Kier molecular flexibility index (Phi) is 4.63. The quantitative estimate of drug-likeness (QED) is 0.386. The molecule has 11 heteroatoms. The molecular formula is C18H21N9O2. The Bertz CT molecular complexity index is 1240. The number of aromatic amines is 2. The van der Waals surface area contributed by atoms with Gasteiger partial charge in [-0.25, -0.2) is 14.8 Å². The Hall–Kier alpha value is -3.89. The summed E-state index contributed by atoms with van der Waals surface area (Å²) in [5, 5.41) is 14.4. The number of nitrogens with two attached hydrogens (primary N) is 1. The standard InChI is InChI=1S/C18H21N9O2/c1-4-7-29-12-6-5-10(20-18-23-17(19)24-25-18)8-11(12)14-21-15-13(16(28)22-14)9(2)26-27(15)3/h5-6,8H,4,7H2,1-3H3,(H,21,22,28)(H4,19,20,23,24,25). The van der Waals surface area contributed by atoms with Crippen LogP contribution < -0.4 is 21.3 Å². The summed E-state index contributed by atoms with van der Waals surface area (Å²) in [5.41, 5.74) is 7.76. The predicted octanol–water partition coefficient (Wildman–Crippen LogP) is 1.86. The molecule has 11 nitrogen and oxygen atoms in total. The number of nitrogens with zero attached hydrogens (tertiary/aromatic N) is 5. The van der Waals surface area contributed by atoms with Gasteiger partial charge >= 0.3 is 0 Å². The first-order valence-electron chi connectivity index (χ1n) is 9.12. The maximum Gasteiger partial charge on any atom is 0.262 e. The number of benzene rings is 1. The third kappa shape index (κ3) is 3.49. The fraction of sp³-hybridized carbons (Fsp3) is 0.278. The van der Waals surface area contributed by atoms with Gasteiger partial charge in [-0.15, -0.1) is 5.10 Å². The van der Waals surface area contributed by atoms with Crippen molar-refractivity contribution in [3.63, 3.8) is 0 Å². The number of hydrogen-bond acceptors (Lipinski definition) is 8. The molecule has 0 saturated carbocycles. The molecule has 0 aliphatic heterocycles. The van der Waals surface area contributed by atoms with Crippen molar-refractivity contribution in [1.29, 1.82) is 0 Å². The number of anilines is 3. The summed E-state index contributed by atoms with van der Waals surface area (Å²) >= 11 is 0. The minimum absolute atomic E-state index is 0.207. The highest BCUT2D eigenvalue weighted by atomic mass is 16.5. The van der Waals surface area contributed by atoms with Crippen molar-refractivity contribution < 1.29 is 4.74 Å². The number of hydrogen-bond donors (Lipinski definition) is 4. The first-order valence-corrected chi connectivity index (χ1v) is 9.12. The molecule has 0 saturated heterocycles. The van der Waals surface area contributed by atoms with Crippen molar-refractivity contribution in [2.75, 3.05) is 17.7 Å². The molecule has 3 aromatic heterocycles. The lowest BCUT2D eigenvalue weighted by Crippen LogP contribution is -2.11. The number of aromatic nitrogens is 7. The number of H-pyrrole nitrogens is 2. The molecule has 0 atom stereocenters. The van der Waals surface area contributed by atoms with Gasteiger partial charge in [-0.1, -0.05) is 6.92 Å². The SMILES string of the molecule is CCCOc1ccc(Nc2n[nH]c(N)n2)cc1-c1nc2c(c(C)nn2C)c(=O)[nH]1. The van der Waals surface area contributed by atoms with E-state index < -0.39 is 0 Å². The van der Waals surface area contributed by atoms with Crippen LogP contribution in [-0.4, -0.2) is 41.5 Å². The van der Waals surface area contributed by atoms with Crippen LogP contribution in [0.1, 0.15) is 19.0 Å². The second-order valence-electron chi connectivity index (χ2n) is 6.55. The molecule has 4 rings (SSSR count). The van der Waals surface area contributed by atoms with E-state index >= 15 is 0 Å². The van der Waals surface area contributed by atoms with Gasteiger partial charge < -0.3 is 20.8 Å². The molecule has 0 bridgehead atoms.